The Kier molecular flexibility index (Phi) is 2.81. The molecule has 0 saturated heterocycles. The Morgan fingerprint density at radius 1 is 1.57 bits per heavy atom. The van der Waals surface area contributed by atoms with Gasteiger partial charge in [0, 0.05) is 24.7 Å². The van der Waals surface area contributed by atoms with Gasteiger partial charge in [-0.1, -0.05) is 0 Å². The molecule has 2 aromatic rings. The molecular formula is C9H12N4S. The fourth-order valence-corrected chi connectivity index (χ4v) is 1.89. The molecule has 2 heterocycles. The van der Waals surface area contributed by atoms with E-state index in [1.807, 2.05) is 23.7 Å². The minimum atomic E-state index is 0.622. The summed E-state index contributed by atoms with van der Waals surface area (Å²) >= 11 is 1.59. The lowest BCUT2D eigenvalue weighted by molar-refractivity contribution is 1.02. The molecule has 0 amide bonds. The van der Waals surface area contributed by atoms with Gasteiger partial charge < -0.3 is 16.0 Å². The highest BCUT2D eigenvalue weighted by Gasteiger charge is 2.03. The Bertz CT molecular complexity index is 379. The maximum atomic E-state index is 5.39. The summed E-state index contributed by atoms with van der Waals surface area (Å²) in [5.74, 6) is 0. The third-order valence-corrected chi connectivity index (χ3v) is 2.60. The number of nitrogens with two attached hydrogens (primary N) is 1. The topological polar surface area (TPSA) is 66.7 Å². The molecule has 0 aliphatic heterocycles. The van der Waals surface area contributed by atoms with Crippen LogP contribution >= 0.6 is 11.3 Å². The van der Waals surface area contributed by atoms with E-state index in [0.29, 0.717) is 6.54 Å². The fourth-order valence-electron chi connectivity index (χ4n) is 1.15. The summed E-state index contributed by atoms with van der Waals surface area (Å²) in [6, 6.07) is 3.96. The first-order chi connectivity index (χ1) is 6.90. The van der Waals surface area contributed by atoms with E-state index in [1.165, 1.54) is 0 Å². The smallest absolute Gasteiger partial charge is 0.183 e. The molecular weight excluding hydrogens is 196 g/mol. The molecule has 0 aromatic carbocycles. The van der Waals surface area contributed by atoms with Crippen molar-refractivity contribution in [3.63, 3.8) is 0 Å². The van der Waals surface area contributed by atoms with Gasteiger partial charge in [-0.3, -0.25) is 0 Å². The van der Waals surface area contributed by atoms with Crippen LogP contribution in [0.15, 0.2) is 23.7 Å². The standard InChI is InChI=1S/C9H12N4S/c10-3-5-12-9-13-8(6-14-9)7-2-1-4-11-7/h1-2,4,6,11H,3,5,10H2,(H,12,13). The van der Waals surface area contributed by atoms with Crippen molar-refractivity contribution in [3.05, 3.63) is 23.7 Å². The Morgan fingerprint density at radius 3 is 3.21 bits per heavy atom. The third kappa shape index (κ3) is 1.94. The lowest BCUT2D eigenvalue weighted by Crippen LogP contribution is -2.12. The number of rotatable bonds is 4. The Hall–Kier alpha value is -1.33. The van der Waals surface area contributed by atoms with Crippen molar-refractivity contribution in [2.45, 2.75) is 0 Å². The van der Waals surface area contributed by atoms with Crippen LogP contribution in [-0.2, 0) is 0 Å². The van der Waals surface area contributed by atoms with Crippen LogP contribution in [0.2, 0.25) is 0 Å². The first kappa shape index (κ1) is 9.23. The van der Waals surface area contributed by atoms with Crippen LogP contribution in [-0.4, -0.2) is 23.1 Å². The van der Waals surface area contributed by atoms with E-state index in [2.05, 4.69) is 15.3 Å². The molecule has 4 N–H and O–H groups in total. The average molecular weight is 208 g/mol. The van der Waals surface area contributed by atoms with Crippen molar-refractivity contribution in [2.75, 3.05) is 18.4 Å². The Labute approximate surface area is 86.2 Å². The summed E-state index contributed by atoms with van der Waals surface area (Å²) in [6.45, 7) is 1.38. The predicted molar refractivity (Wildman–Crippen MR) is 59.4 cm³/mol. The van der Waals surface area contributed by atoms with Crippen molar-refractivity contribution < 1.29 is 0 Å². The number of nitrogens with zero attached hydrogens (tertiary/aromatic N) is 1. The van der Waals surface area contributed by atoms with E-state index < -0.39 is 0 Å². The molecule has 2 rings (SSSR count). The molecule has 0 aliphatic carbocycles. The summed E-state index contributed by atoms with van der Waals surface area (Å²) in [6.07, 6.45) is 1.89. The second-order valence-corrected chi connectivity index (χ2v) is 3.70. The maximum absolute atomic E-state index is 5.39. The first-order valence-electron chi connectivity index (χ1n) is 4.43. The van der Waals surface area contributed by atoms with E-state index >= 15 is 0 Å². The highest BCUT2D eigenvalue weighted by molar-refractivity contribution is 7.14. The molecule has 0 unspecified atom stereocenters. The van der Waals surface area contributed by atoms with E-state index in [0.717, 1.165) is 23.1 Å². The van der Waals surface area contributed by atoms with Crippen LogP contribution in [0.3, 0.4) is 0 Å². The number of anilines is 1. The van der Waals surface area contributed by atoms with Crippen LogP contribution in [0.5, 0.6) is 0 Å². The first-order valence-corrected chi connectivity index (χ1v) is 5.31. The van der Waals surface area contributed by atoms with E-state index in [1.54, 1.807) is 11.3 Å². The minimum Gasteiger partial charge on any atom is -0.360 e. The van der Waals surface area contributed by atoms with Gasteiger partial charge in [0.15, 0.2) is 5.13 Å². The largest absolute Gasteiger partial charge is 0.360 e. The second kappa shape index (κ2) is 4.26. The van der Waals surface area contributed by atoms with Crippen molar-refractivity contribution >= 4 is 16.5 Å². The fraction of sp³-hybridized carbons (Fsp3) is 0.222. The second-order valence-electron chi connectivity index (χ2n) is 2.84. The molecule has 0 saturated carbocycles. The number of H-pyrrole nitrogens is 1. The van der Waals surface area contributed by atoms with E-state index in [4.69, 9.17) is 5.73 Å². The van der Waals surface area contributed by atoms with Gasteiger partial charge in [-0.25, -0.2) is 4.98 Å². The molecule has 5 heteroatoms. The lowest BCUT2D eigenvalue weighted by Gasteiger charge is -1.97. The van der Waals surface area contributed by atoms with Crippen molar-refractivity contribution in [3.8, 4) is 11.4 Å². The number of hydrogen-bond acceptors (Lipinski definition) is 4. The van der Waals surface area contributed by atoms with E-state index in [-0.39, 0.29) is 0 Å². The zero-order chi connectivity index (χ0) is 9.80. The van der Waals surface area contributed by atoms with Crippen LogP contribution in [0.4, 0.5) is 5.13 Å². The maximum Gasteiger partial charge on any atom is 0.183 e. The summed E-state index contributed by atoms with van der Waals surface area (Å²) in [4.78, 5) is 7.53. The SMILES string of the molecule is NCCNc1nc(-c2ccc[nH]2)cs1. The minimum absolute atomic E-state index is 0.622. The molecule has 0 atom stereocenters. The Balaban J connectivity index is 2.10. The predicted octanol–water partition coefficient (Wildman–Crippen LogP) is 1.51. The number of aromatic amines is 1. The monoisotopic (exact) mass is 208 g/mol. The molecule has 0 radical (unpaired) electrons. The van der Waals surface area contributed by atoms with Crippen LogP contribution in [0.1, 0.15) is 0 Å². The van der Waals surface area contributed by atoms with Gasteiger partial charge in [-0.15, -0.1) is 11.3 Å². The highest BCUT2D eigenvalue weighted by atomic mass is 32.1. The zero-order valence-electron chi connectivity index (χ0n) is 7.66. The highest BCUT2D eigenvalue weighted by Crippen LogP contribution is 2.22. The molecule has 14 heavy (non-hydrogen) atoms. The van der Waals surface area contributed by atoms with Crippen molar-refractivity contribution in [2.24, 2.45) is 5.73 Å². The van der Waals surface area contributed by atoms with Crippen LogP contribution in [0, 0.1) is 0 Å². The number of nitrogens with one attached hydrogen (secondary N) is 2. The molecule has 0 spiro atoms. The molecule has 4 nitrogen and oxygen atoms in total. The summed E-state index contributed by atoms with van der Waals surface area (Å²) < 4.78 is 0. The van der Waals surface area contributed by atoms with Crippen LogP contribution < -0.4 is 11.1 Å². The van der Waals surface area contributed by atoms with Gasteiger partial charge >= 0.3 is 0 Å². The van der Waals surface area contributed by atoms with Crippen molar-refractivity contribution in [1.29, 1.82) is 0 Å². The number of aromatic nitrogens is 2. The number of thiazole rings is 1. The quantitative estimate of drug-likeness (QED) is 0.713. The molecule has 74 valence electrons. The lowest BCUT2D eigenvalue weighted by atomic mass is 10.3. The van der Waals surface area contributed by atoms with Gasteiger partial charge in [-0.05, 0) is 12.1 Å². The van der Waals surface area contributed by atoms with Gasteiger partial charge in [-0.2, -0.15) is 0 Å². The third-order valence-electron chi connectivity index (χ3n) is 1.80. The van der Waals surface area contributed by atoms with Crippen LogP contribution in [0.25, 0.3) is 11.4 Å². The molecule has 0 aliphatic rings. The van der Waals surface area contributed by atoms with Gasteiger partial charge in [0.05, 0.1) is 11.4 Å². The number of hydrogen-bond donors (Lipinski definition) is 3. The Morgan fingerprint density at radius 2 is 2.50 bits per heavy atom. The molecule has 0 bridgehead atoms. The van der Waals surface area contributed by atoms with Gasteiger partial charge in [0.2, 0.25) is 0 Å². The van der Waals surface area contributed by atoms with Crippen molar-refractivity contribution in [1.82, 2.24) is 9.97 Å². The van der Waals surface area contributed by atoms with E-state index in [9.17, 15) is 0 Å². The summed E-state index contributed by atoms with van der Waals surface area (Å²) in [5.41, 5.74) is 7.40. The molecule has 0 fully saturated rings. The summed E-state index contributed by atoms with van der Waals surface area (Å²) in [5, 5.41) is 6.08. The zero-order valence-corrected chi connectivity index (χ0v) is 8.47. The summed E-state index contributed by atoms with van der Waals surface area (Å²) in [7, 11) is 0. The average Bonchev–Trinajstić information content (AvgIpc) is 2.85. The normalized spacial score (nSPS) is 10.4. The van der Waals surface area contributed by atoms with Gasteiger partial charge in [0.1, 0.15) is 0 Å². The molecule has 2 aromatic heterocycles. The van der Waals surface area contributed by atoms with Gasteiger partial charge in [0.25, 0.3) is 0 Å².